The molecule has 0 saturated heterocycles. The van der Waals surface area contributed by atoms with Gasteiger partial charge in [-0.2, -0.15) is 0 Å². The van der Waals surface area contributed by atoms with E-state index < -0.39 is 0 Å². The Balaban J connectivity index is 1.21. The first-order valence-corrected chi connectivity index (χ1v) is 17.5. The van der Waals surface area contributed by atoms with E-state index in [2.05, 4.69) is 140 Å². The van der Waals surface area contributed by atoms with Crippen LogP contribution in [0.3, 0.4) is 0 Å². The first-order chi connectivity index (χ1) is 25.1. The molecule has 0 nitrogen and oxygen atoms in total. The van der Waals surface area contributed by atoms with Crippen LogP contribution in [0.4, 0.5) is 0 Å². The summed E-state index contributed by atoms with van der Waals surface area (Å²) < 4.78 is 18.9. The molecule has 10 aromatic rings. The van der Waals surface area contributed by atoms with Crippen molar-refractivity contribution in [3.63, 3.8) is 0 Å². The summed E-state index contributed by atoms with van der Waals surface area (Å²) in [7, 11) is 0. The lowest BCUT2D eigenvalue weighted by atomic mass is 9.83. The summed E-state index contributed by atoms with van der Waals surface area (Å²) in [5.74, 6) is 0. The molecule has 9 aromatic carbocycles. The van der Waals surface area contributed by atoms with Gasteiger partial charge in [-0.3, -0.25) is 0 Å². The van der Waals surface area contributed by atoms with E-state index in [1.165, 1.54) is 70.6 Å². The maximum absolute atomic E-state index is 8.56. The third kappa shape index (κ3) is 4.51. The number of benzene rings is 9. The fourth-order valence-corrected chi connectivity index (χ4v) is 8.86. The van der Waals surface area contributed by atoms with E-state index in [9.17, 15) is 0 Å². The van der Waals surface area contributed by atoms with Gasteiger partial charge in [-0.15, -0.1) is 11.3 Å². The second-order valence-corrected chi connectivity index (χ2v) is 13.7. The minimum Gasteiger partial charge on any atom is -0.135 e. The van der Waals surface area contributed by atoms with Crippen LogP contribution in [-0.4, -0.2) is 0 Å². The largest absolute Gasteiger partial charge is 0.135 e. The zero-order valence-corrected chi connectivity index (χ0v) is 27.4. The Kier molecular flexibility index (Phi) is 6.00. The van der Waals surface area contributed by atoms with E-state index in [1.54, 1.807) is 11.3 Å². The highest BCUT2D eigenvalue weighted by Gasteiger charge is 2.19. The van der Waals surface area contributed by atoms with E-state index >= 15 is 0 Å². The molecule has 0 bridgehead atoms. The zero-order chi connectivity index (χ0) is 34.1. The summed E-state index contributed by atoms with van der Waals surface area (Å²) in [6.45, 7) is 0. The first kappa shape index (κ1) is 26.0. The van der Waals surface area contributed by atoms with Crippen molar-refractivity contribution in [1.29, 1.82) is 0 Å². The van der Waals surface area contributed by atoms with E-state index in [0.29, 0.717) is 12.1 Å². The molecular weight excluding hydrogens is 609 g/mol. The molecule has 0 atom stereocenters. The second kappa shape index (κ2) is 11.3. The molecule has 10 rings (SSSR count). The van der Waals surface area contributed by atoms with Crippen molar-refractivity contribution in [2.75, 3.05) is 0 Å². The minimum absolute atomic E-state index is 0.527. The molecule has 0 radical (unpaired) electrons. The Morgan fingerprint density at radius 3 is 1.82 bits per heavy atom. The van der Waals surface area contributed by atoms with Crippen molar-refractivity contribution in [3.05, 3.63) is 182 Å². The lowest BCUT2D eigenvalue weighted by Gasteiger charge is -2.20. The minimum atomic E-state index is 0.527. The second-order valence-electron chi connectivity index (χ2n) is 12.6. The molecule has 1 heteroatoms. The van der Waals surface area contributed by atoms with Crippen LogP contribution in [0, 0.1) is 0 Å². The quantitative estimate of drug-likeness (QED) is 0.168. The third-order valence-electron chi connectivity index (χ3n) is 9.91. The molecule has 0 aliphatic rings. The van der Waals surface area contributed by atoms with E-state index in [4.69, 9.17) is 2.74 Å². The van der Waals surface area contributed by atoms with Crippen molar-refractivity contribution in [3.8, 4) is 44.5 Å². The average Bonchev–Trinajstić information content (AvgIpc) is 3.57. The third-order valence-corrected chi connectivity index (χ3v) is 11.0. The zero-order valence-electron chi connectivity index (χ0n) is 28.6. The fraction of sp³-hybridized carbons (Fsp3) is 0. The van der Waals surface area contributed by atoms with Gasteiger partial charge >= 0.3 is 0 Å². The van der Waals surface area contributed by atoms with Crippen molar-refractivity contribution in [1.82, 2.24) is 0 Å². The fourth-order valence-electron chi connectivity index (χ4n) is 7.77. The summed E-state index contributed by atoms with van der Waals surface area (Å²) in [6.07, 6.45) is 0. The molecule has 0 N–H and O–H groups in total. The van der Waals surface area contributed by atoms with Crippen LogP contribution in [0.25, 0.3) is 97.0 Å². The highest BCUT2D eigenvalue weighted by atomic mass is 32.1. The Hall–Kier alpha value is -6.02. The van der Waals surface area contributed by atoms with Gasteiger partial charge in [0, 0.05) is 20.2 Å². The molecule has 0 spiro atoms. The molecule has 1 aromatic heterocycles. The summed E-state index contributed by atoms with van der Waals surface area (Å²) in [4.78, 5) is 0. The normalized spacial score (nSPS) is 12.2. The number of hydrogen-bond donors (Lipinski definition) is 0. The van der Waals surface area contributed by atoms with Crippen molar-refractivity contribution in [2.24, 2.45) is 0 Å². The van der Waals surface area contributed by atoms with Crippen LogP contribution < -0.4 is 0 Å². The smallest absolute Gasteiger partial charge is 0.0638 e. The maximum atomic E-state index is 8.56. The molecule has 0 amide bonds. The molecule has 0 fully saturated rings. The average molecular weight is 641 g/mol. The van der Waals surface area contributed by atoms with E-state index in [-0.39, 0.29) is 0 Å². The number of hydrogen-bond acceptors (Lipinski definition) is 1. The van der Waals surface area contributed by atoms with Gasteiger partial charge in [0.1, 0.15) is 0 Å². The van der Waals surface area contributed by atoms with Crippen molar-refractivity contribution >= 4 is 63.8 Å². The number of thiophene rings is 1. The first-order valence-electron chi connectivity index (χ1n) is 17.7. The topological polar surface area (TPSA) is 0 Å². The van der Waals surface area contributed by atoms with Crippen molar-refractivity contribution < 1.29 is 2.74 Å². The highest BCUT2D eigenvalue weighted by molar-refractivity contribution is 7.25. The van der Waals surface area contributed by atoms with Gasteiger partial charge in [-0.25, -0.2) is 0 Å². The lowest BCUT2D eigenvalue weighted by Crippen LogP contribution is -1.93. The Bertz CT molecular complexity index is 2950. The van der Waals surface area contributed by atoms with Gasteiger partial charge in [-0.1, -0.05) is 158 Å². The SMILES string of the molecule is [2H]c1ccc2cc(-c3ccccc3-c3c4ccccc4c(-c4cccc(-c5cccc6sc7c([2H])cccc7c56)c4)c4ccccc34)ccc2c1. The van der Waals surface area contributed by atoms with E-state index in [1.807, 2.05) is 30.3 Å². The number of rotatable bonds is 4. The van der Waals surface area contributed by atoms with Crippen LogP contribution >= 0.6 is 11.3 Å². The predicted molar refractivity (Wildman–Crippen MR) is 214 cm³/mol. The Labute approximate surface area is 292 Å². The Morgan fingerprint density at radius 2 is 1.00 bits per heavy atom. The molecular formula is C48H30S. The molecule has 0 aliphatic heterocycles. The van der Waals surface area contributed by atoms with Crippen LogP contribution in [0.2, 0.25) is 0 Å². The van der Waals surface area contributed by atoms with Gasteiger partial charge in [0.2, 0.25) is 0 Å². The summed E-state index contributed by atoms with van der Waals surface area (Å²) in [5, 5.41) is 9.46. The van der Waals surface area contributed by atoms with Gasteiger partial charge in [-0.05, 0) is 101 Å². The van der Waals surface area contributed by atoms with Gasteiger partial charge in [0.15, 0.2) is 0 Å². The standard InChI is InChI=1S/C48H30S/c1-2-14-32-29-34(28-27-31(32)13-1)36-17-3-4-18-38(36)47-41-21-7-5-19-39(41)46(40-20-6-8-22-42(40)47)35-16-11-15-33(30-35)37-24-12-26-45-48(37)43-23-9-10-25-44(43)49-45/h1-30H/i1D,25D. The molecule has 49 heavy (non-hydrogen) atoms. The van der Waals surface area contributed by atoms with Crippen LogP contribution in [0.5, 0.6) is 0 Å². The molecule has 0 unspecified atom stereocenters. The van der Waals surface area contributed by atoms with Crippen LogP contribution in [0.1, 0.15) is 2.74 Å². The summed E-state index contributed by atoms with van der Waals surface area (Å²) in [6, 6.07) is 61.5. The summed E-state index contributed by atoms with van der Waals surface area (Å²) in [5.41, 5.74) is 9.56. The molecule has 1 heterocycles. The Morgan fingerprint density at radius 1 is 0.367 bits per heavy atom. The van der Waals surface area contributed by atoms with Gasteiger partial charge < -0.3 is 0 Å². The molecule has 228 valence electrons. The monoisotopic (exact) mass is 640 g/mol. The number of fused-ring (bicyclic) bond motifs is 6. The summed E-state index contributed by atoms with van der Waals surface area (Å²) >= 11 is 1.71. The molecule has 0 aliphatic carbocycles. The highest BCUT2D eigenvalue weighted by Crippen LogP contribution is 2.47. The lowest BCUT2D eigenvalue weighted by molar-refractivity contribution is 1.62. The predicted octanol–water partition coefficient (Wildman–Crippen LogP) is 14.2. The molecule has 0 saturated carbocycles. The maximum Gasteiger partial charge on any atom is 0.0638 e. The van der Waals surface area contributed by atoms with Crippen molar-refractivity contribution in [2.45, 2.75) is 0 Å². The van der Waals surface area contributed by atoms with E-state index in [0.717, 1.165) is 26.4 Å². The van der Waals surface area contributed by atoms with Crippen LogP contribution in [0.15, 0.2) is 182 Å². The van der Waals surface area contributed by atoms with Gasteiger partial charge in [0.05, 0.1) is 2.74 Å². The van der Waals surface area contributed by atoms with Gasteiger partial charge in [0.25, 0.3) is 0 Å². The van der Waals surface area contributed by atoms with Crippen LogP contribution in [-0.2, 0) is 0 Å².